The van der Waals surface area contributed by atoms with E-state index >= 15 is 0 Å². The van der Waals surface area contributed by atoms with Crippen molar-refractivity contribution in [1.82, 2.24) is 4.90 Å². The molecule has 3 heteroatoms. The number of aryl methyl sites for hydroxylation is 1. The average molecular weight is 290 g/mol. The molecule has 1 atom stereocenters. The molecule has 1 N–H and O–H groups in total. The maximum atomic E-state index is 12.1. The highest BCUT2D eigenvalue weighted by atomic mass is 16.2. The molecule has 0 saturated carbocycles. The van der Waals surface area contributed by atoms with Crippen molar-refractivity contribution in [2.75, 3.05) is 25.5 Å². The molecule has 3 nitrogen and oxygen atoms in total. The van der Waals surface area contributed by atoms with Crippen LogP contribution in [0.4, 0.5) is 5.69 Å². The third kappa shape index (κ3) is 6.30. The highest BCUT2D eigenvalue weighted by Crippen LogP contribution is 2.18. The van der Waals surface area contributed by atoms with E-state index in [1.807, 2.05) is 26.1 Å². The minimum absolute atomic E-state index is 0.0583. The molecule has 0 bridgehead atoms. The summed E-state index contributed by atoms with van der Waals surface area (Å²) in [6.45, 7) is 12.2. The van der Waals surface area contributed by atoms with Crippen LogP contribution in [0.1, 0.15) is 38.3 Å². The van der Waals surface area contributed by atoms with Crippen molar-refractivity contribution in [3.8, 4) is 0 Å². The fourth-order valence-corrected chi connectivity index (χ4v) is 2.80. The van der Waals surface area contributed by atoms with Gasteiger partial charge in [-0.2, -0.15) is 0 Å². The Bertz CT molecular complexity index is 468. The Kier molecular flexibility index (Phi) is 6.90. The number of carbonyl (C=O) groups excluding carboxylic acids is 1. The third-order valence-electron chi connectivity index (χ3n) is 3.79. The quantitative estimate of drug-likeness (QED) is 0.827. The summed E-state index contributed by atoms with van der Waals surface area (Å²) in [5.74, 6) is 1.38. The van der Waals surface area contributed by atoms with Crippen LogP contribution in [0, 0.1) is 25.7 Å². The Morgan fingerprint density at radius 1 is 1.24 bits per heavy atom. The summed E-state index contributed by atoms with van der Waals surface area (Å²) >= 11 is 0. The topological polar surface area (TPSA) is 32.3 Å². The first-order valence-corrected chi connectivity index (χ1v) is 7.84. The van der Waals surface area contributed by atoms with Crippen LogP contribution < -0.4 is 5.32 Å². The van der Waals surface area contributed by atoms with Gasteiger partial charge in [0.25, 0.3) is 0 Å². The van der Waals surface area contributed by atoms with Crippen molar-refractivity contribution < 1.29 is 4.79 Å². The minimum atomic E-state index is 0.0583. The van der Waals surface area contributed by atoms with Gasteiger partial charge in [-0.15, -0.1) is 0 Å². The van der Waals surface area contributed by atoms with Crippen molar-refractivity contribution in [3.05, 3.63) is 29.3 Å². The Balaban J connectivity index is 2.48. The lowest BCUT2D eigenvalue weighted by Gasteiger charge is -2.22. The second kappa shape index (κ2) is 8.18. The molecule has 118 valence electrons. The number of nitrogens with one attached hydrogen (secondary N) is 1. The van der Waals surface area contributed by atoms with Crippen LogP contribution in [0.15, 0.2) is 18.2 Å². The van der Waals surface area contributed by atoms with E-state index in [9.17, 15) is 4.79 Å². The van der Waals surface area contributed by atoms with E-state index in [0.717, 1.165) is 17.8 Å². The van der Waals surface area contributed by atoms with Gasteiger partial charge in [-0.05, 0) is 56.3 Å². The van der Waals surface area contributed by atoms with E-state index < -0.39 is 0 Å². The molecule has 0 saturated heterocycles. The molecule has 0 aliphatic carbocycles. The molecule has 1 amide bonds. The van der Waals surface area contributed by atoms with E-state index in [4.69, 9.17) is 0 Å². The van der Waals surface area contributed by atoms with Gasteiger partial charge >= 0.3 is 0 Å². The second-order valence-corrected chi connectivity index (χ2v) is 6.73. The van der Waals surface area contributed by atoms with Gasteiger partial charge in [0, 0.05) is 12.2 Å². The lowest BCUT2D eigenvalue weighted by atomic mass is 9.98. The lowest BCUT2D eigenvalue weighted by Crippen LogP contribution is -2.33. The molecule has 0 heterocycles. The zero-order valence-corrected chi connectivity index (χ0v) is 14.4. The van der Waals surface area contributed by atoms with Crippen LogP contribution in [0.5, 0.6) is 0 Å². The van der Waals surface area contributed by atoms with Crippen molar-refractivity contribution in [2.45, 2.75) is 41.0 Å². The molecule has 0 radical (unpaired) electrons. The number of likely N-dealkylation sites (N-methyl/N-ethyl adjacent to an activating group) is 1. The van der Waals surface area contributed by atoms with Crippen molar-refractivity contribution >= 4 is 11.6 Å². The number of amides is 1. The van der Waals surface area contributed by atoms with E-state index in [0.29, 0.717) is 18.4 Å². The zero-order chi connectivity index (χ0) is 16.0. The Hall–Kier alpha value is -1.35. The lowest BCUT2D eigenvalue weighted by molar-refractivity contribution is -0.117. The van der Waals surface area contributed by atoms with E-state index in [-0.39, 0.29) is 5.91 Å². The second-order valence-electron chi connectivity index (χ2n) is 6.73. The molecule has 1 aromatic carbocycles. The highest BCUT2D eigenvalue weighted by molar-refractivity contribution is 5.93. The van der Waals surface area contributed by atoms with Crippen LogP contribution in [0.25, 0.3) is 0 Å². The SMILES string of the molecule is Cc1cccc(NC(=O)CN(C)CC(C)CC(C)C)c1C. The predicted molar refractivity (Wildman–Crippen MR) is 90.7 cm³/mol. The molecule has 0 spiro atoms. The molecule has 21 heavy (non-hydrogen) atoms. The first-order chi connectivity index (χ1) is 9.79. The number of benzene rings is 1. The maximum Gasteiger partial charge on any atom is 0.238 e. The molecule has 1 aromatic rings. The molecule has 1 rings (SSSR count). The Morgan fingerprint density at radius 3 is 2.52 bits per heavy atom. The summed E-state index contributed by atoms with van der Waals surface area (Å²) in [6, 6.07) is 6.00. The fourth-order valence-electron chi connectivity index (χ4n) is 2.80. The molecule has 0 fully saturated rings. The number of anilines is 1. The monoisotopic (exact) mass is 290 g/mol. The van der Waals surface area contributed by atoms with Gasteiger partial charge < -0.3 is 5.32 Å². The average Bonchev–Trinajstić information content (AvgIpc) is 2.33. The van der Waals surface area contributed by atoms with E-state index in [2.05, 4.69) is 44.0 Å². The Labute approximate surface area is 129 Å². The Morgan fingerprint density at radius 2 is 1.90 bits per heavy atom. The highest BCUT2D eigenvalue weighted by Gasteiger charge is 2.12. The van der Waals surface area contributed by atoms with Crippen LogP contribution in [0.2, 0.25) is 0 Å². The molecule has 0 aromatic heterocycles. The standard InChI is InChI=1S/C18H30N2O/c1-13(2)10-14(3)11-20(6)12-18(21)19-17-9-7-8-15(4)16(17)5/h7-9,13-14H,10-12H2,1-6H3,(H,19,21). The summed E-state index contributed by atoms with van der Waals surface area (Å²) < 4.78 is 0. The largest absolute Gasteiger partial charge is 0.325 e. The smallest absolute Gasteiger partial charge is 0.238 e. The fraction of sp³-hybridized carbons (Fsp3) is 0.611. The van der Waals surface area contributed by atoms with Gasteiger partial charge in [0.2, 0.25) is 5.91 Å². The molecular weight excluding hydrogens is 260 g/mol. The number of rotatable bonds is 7. The molecular formula is C18H30N2O. The van der Waals surface area contributed by atoms with Gasteiger partial charge in [-0.1, -0.05) is 32.9 Å². The normalized spacial score (nSPS) is 12.8. The van der Waals surface area contributed by atoms with Crippen molar-refractivity contribution in [2.24, 2.45) is 11.8 Å². The summed E-state index contributed by atoms with van der Waals surface area (Å²) in [6.07, 6.45) is 1.20. The number of carbonyl (C=O) groups is 1. The molecule has 1 unspecified atom stereocenters. The van der Waals surface area contributed by atoms with E-state index in [1.165, 1.54) is 12.0 Å². The summed E-state index contributed by atoms with van der Waals surface area (Å²) in [5, 5.41) is 3.02. The van der Waals surface area contributed by atoms with Gasteiger partial charge in [0.15, 0.2) is 0 Å². The van der Waals surface area contributed by atoms with Gasteiger partial charge in [0.1, 0.15) is 0 Å². The van der Waals surface area contributed by atoms with Crippen molar-refractivity contribution in [3.63, 3.8) is 0 Å². The number of hydrogen-bond donors (Lipinski definition) is 1. The third-order valence-corrected chi connectivity index (χ3v) is 3.79. The van der Waals surface area contributed by atoms with Crippen molar-refractivity contribution in [1.29, 1.82) is 0 Å². The summed E-state index contributed by atoms with van der Waals surface area (Å²) in [5.41, 5.74) is 3.26. The van der Waals surface area contributed by atoms with Crippen LogP contribution in [-0.4, -0.2) is 30.9 Å². The maximum absolute atomic E-state index is 12.1. The number of hydrogen-bond acceptors (Lipinski definition) is 2. The number of nitrogens with zero attached hydrogens (tertiary/aromatic N) is 1. The van der Waals surface area contributed by atoms with Crippen LogP contribution >= 0.6 is 0 Å². The first kappa shape index (κ1) is 17.7. The van der Waals surface area contributed by atoms with Gasteiger partial charge in [-0.3, -0.25) is 9.69 Å². The first-order valence-electron chi connectivity index (χ1n) is 7.84. The summed E-state index contributed by atoms with van der Waals surface area (Å²) in [7, 11) is 2.01. The van der Waals surface area contributed by atoms with Gasteiger partial charge in [-0.25, -0.2) is 0 Å². The van der Waals surface area contributed by atoms with Gasteiger partial charge in [0.05, 0.1) is 6.54 Å². The van der Waals surface area contributed by atoms with Crippen LogP contribution in [0.3, 0.4) is 0 Å². The summed E-state index contributed by atoms with van der Waals surface area (Å²) in [4.78, 5) is 14.2. The molecule has 0 aliphatic heterocycles. The minimum Gasteiger partial charge on any atom is -0.325 e. The van der Waals surface area contributed by atoms with E-state index in [1.54, 1.807) is 0 Å². The van der Waals surface area contributed by atoms with Crippen LogP contribution in [-0.2, 0) is 4.79 Å². The predicted octanol–water partition coefficient (Wildman–Crippen LogP) is 3.86. The molecule has 0 aliphatic rings. The zero-order valence-electron chi connectivity index (χ0n) is 14.4.